The van der Waals surface area contributed by atoms with Crippen LogP contribution in [0.4, 0.5) is 0 Å². The molecule has 30 valence electrons. The molecule has 0 aromatic rings. The maximum absolute atomic E-state index is 7.00. The Kier molecular flexibility index (Phi) is 202. The van der Waals surface area contributed by atoms with Crippen LogP contribution in [0.1, 0.15) is 0 Å². The van der Waals surface area contributed by atoms with Gasteiger partial charge in [0, 0.05) is 7.11 Å². The van der Waals surface area contributed by atoms with Crippen molar-refractivity contribution >= 4 is 0 Å². The lowest BCUT2D eigenvalue weighted by Gasteiger charge is -1.21. The van der Waals surface area contributed by atoms with Crippen molar-refractivity contribution < 1.29 is 39.1 Å². The molecule has 1 N–H and O–H groups in total. The maximum atomic E-state index is 7.00. The Hall–Kier alpha value is 0.920. The predicted octanol–water partition coefficient (Wildman–Crippen LogP) is -6.38. The van der Waals surface area contributed by atoms with Gasteiger partial charge in [-0.25, -0.2) is 0 Å². The number of rotatable bonds is 0. The summed E-state index contributed by atoms with van der Waals surface area (Å²) in [7, 11) is 1.00. The molecule has 0 fully saturated rings. The largest absolute Gasteiger partial charge is 1.00 e. The zero-order valence-corrected chi connectivity index (χ0v) is 5.38. The van der Waals surface area contributed by atoms with Crippen molar-refractivity contribution in [2.75, 3.05) is 7.11 Å². The fourth-order valence-corrected chi connectivity index (χ4v) is 0. The van der Waals surface area contributed by atoms with Gasteiger partial charge >= 0.3 is 0 Å². The van der Waals surface area contributed by atoms with E-state index >= 15 is 0 Å². The first-order valence-corrected chi connectivity index (χ1v) is 0.447. The summed E-state index contributed by atoms with van der Waals surface area (Å²) in [6.45, 7) is 0. The summed E-state index contributed by atoms with van der Waals surface area (Å²) in [5.74, 6) is 0. The van der Waals surface area contributed by atoms with Crippen LogP contribution in [-0.2, 0) is 0 Å². The van der Waals surface area contributed by atoms with E-state index in [0.717, 1.165) is 7.11 Å². The van der Waals surface area contributed by atoms with E-state index in [2.05, 4.69) is 0 Å². The lowest BCUT2D eigenvalue weighted by atomic mass is 11.8. The molecular formula is CH4Br2O-2. The molecule has 0 aliphatic heterocycles. The Balaban J connectivity index is -0.00000000500. The van der Waals surface area contributed by atoms with E-state index in [9.17, 15) is 0 Å². The number of hydrogen-bond donors (Lipinski definition) is 1. The molecule has 0 bridgehead atoms. The van der Waals surface area contributed by atoms with Crippen molar-refractivity contribution in [3.05, 3.63) is 0 Å². The summed E-state index contributed by atoms with van der Waals surface area (Å²) in [4.78, 5) is 0. The molecule has 0 aromatic carbocycles. The molecule has 0 spiro atoms. The zero-order chi connectivity index (χ0) is 2.00. The van der Waals surface area contributed by atoms with Gasteiger partial charge in [-0.15, -0.1) is 0 Å². The van der Waals surface area contributed by atoms with E-state index in [0.29, 0.717) is 0 Å². The van der Waals surface area contributed by atoms with Gasteiger partial charge in [0.15, 0.2) is 0 Å². The van der Waals surface area contributed by atoms with Gasteiger partial charge in [0.1, 0.15) is 0 Å². The first-order chi connectivity index (χ1) is 1.00. The van der Waals surface area contributed by atoms with E-state index in [4.69, 9.17) is 5.11 Å². The minimum Gasteiger partial charge on any atom is -1.00 e. The number of aliphatic hydroxyl groups is 1. The fraction of sp³-hybridized carbons (Fsp3) is 1.00. The molecule has 0 aliphatic rings. The molecule has 0 atom stereocenters. The monoisotopic (exact) mass is 190 g/mol. The highest BCUT2D eigenvalue weighted by Gasteiger charge is 0.839. The molecule has 0 aromatic heterocycles. The fourth-order valence-electron chi connectivity index (χ4n) is 0. The molecule has 4 heavy (non-hydrogen) atoms. The number of halogens is 2. The Bertz CT molecular complexity index is 6.00. The van der Waals surface area contributed by atoms with E-state index in [1.54, 1.807) is 0 Å². The second-order valence-electron chi connectivity index (χ2n) is 0. The summed E-state index contributed by atoms with van der Waals surface area (Å²) >= 11 is 0. The van der Waals surface area contributed by atoms with Gasteiger partial charge in [0.25, 0.3) is 0 Å². The van der Waals surface area contributed by atoms with E-state index < -0.39 is 0 Å². The van der Waals surface area contributed by atoms with Gasteiger partial charge in [-0.1, -0.05) is 0 Å². The highest BCUT2D eigenvalue weighted by atomic mass is 79.9. The summed E-state index contributed by atoms with van der Waals surface area (Å²) < 4.78 is 0. The van der Waals surface area contributed by atoms with E-state index in [-0.39, 0.29) is 34.0 Å². The smallest absolute Gasteiger partial charge is 0.0319 e. The Labute approximate surface area is 46.6 Å². The Morgan fingerprint density at radius 1 is 1.00 bits per heavy atom. The Morgan fingerprint density at radius 3 is 1.00 bits per heavy atom. The second-order valence-corrected chi connectivity index (χ2v) is 0. The van der Waals surface area contributed by atoms with Crippen molar-refractivity contribution in [1.82, 2.24) is 0 Å². The molecule has 0 rings (SSSR count). The summed E-state index contributed by atoms with van der Waals surface area (Å²) in [6, 6.07) is 0. The highest BCUT2D eigenvalue weighted by molar-refractivity contribution is 3.18. The van der Waals surface area contributed by atoms with Crippen LogP contribution < -0.4 is 34.0 Å². The average molecular weight is 192 g/mol. The molecule has 3 heteroatoms. The van der Waals surface area contributed by atoms with Gasteiger partial charge in [0.2, 0.25) is 0 Å². The van der Waals surface area contributed by atoms with Crippen molar-refractivity contribution in [2.24, 2.45) is 0 Å². The van der Waals surface area contributed by atoms with Crippen LogP contribution in [0.15, 0.2) is 0 Å². The SMILES string of the molecule is CO.[Br-].[Br-]. The zero-order valence-electron chi connectivity index (χ0n) is 2.20. The molecule has 0 radical (unpaired) electrons. The van der Waals surface area contributed by atoms with Crippen LogP contribution in [0.5, 0.6) is 0 Å². The number of hydrogen-bond acceptors (Lipinski definition) is 1. The first-order valence-electron chi connectivity index (χ1n) is 0.447. The molecule has 0 amide bonds. The van der Waals surface area contributed by atoms with Crippen LogP contribution in [0.2, 0.25) is 0 Å². The molecule has 0 saturated carbocycles. The van der Waals surface area contributed by atoms with Gasteiger partial charge < -0.3 is 39.1 Å². The average Bonchev–Trinajstić information content (AvgIpc) is 1.00. The second kappa shape index (κ2) is 39.5. The van der Waals surface area contributed by atoms with Gasteiger partial charge in [0.05, 0.1) is 0 Å². The topological polar surface area (TPSA) is 20.2 Å². The minimum atomic E-state index is 0. The summed E-state index contributed by atoms with van der Waals surface area (Å²) in [5, 5.41) is 7.00. The van der Waals surface area contributed by atoms with Crippen LogP contribution in [0, 0.1) is 0 Å². The molecule has 1 nitrogen and oxygen atoms in total. The molecule has 0 aliphatic carbocycles. The van der Waals surface area contributed by atoms with Crippen LogP contribution in [-0.4, -0.2) is 12.2 Å². The van der Waals surface area contributed by atoms with E-state index in [1.165, 1.54) is 0 Å². The predicted molar refractivity (Wildman–Crippen MR) is 8.14 cm³/mol. The molecular weight excluding hydrogens is 188 g/mol. The lowest BCUT2D eigenvalue weighted by Crippen LogP contribution is -3.00. The molecule has 0 heterocycles. The minimum absolute atomic E-state index is 0. The standard InChI is InChI=1S/CH4O.2BrH/c1-2;;/h2H,1H3;2*1H/p-2. The third kappa shape index (κ3) is 12.7. The van der Waals surface area contributed by atoms with Crippen molar-refractivity contribution in [2.45, 2.75) is 0 Å². The maximum Gasteiger partial charge on any atom is 0.0319 e. The van der Waals surface area contributed by atoms with Crippen molar-refractivity contribution in [1.29, 1.82) is 0 Å². The highest BCUT2D eigenvalue weighted by Crippen LogP contribution is 0.755. The summed E-state index contributed by atoms with van der Waals surface area (Å²) in [5.41, 5.74) is 0. The van der Waals surface area contributed by atoms with Crippen LogP contribution in [0.3, 0.4) is 0 Å². The lowest BCUT2D eigenvalue weighted by molar-refractivity contribution is -0.00100. The van der Waals surface area contributed by atoms with Crippen LogP contribution in [0.25, 0.3) is 0 Å². The van der Waals surface area contributed by atoms with E-state index in [1.807, 2.05) is 0 Å². The first kappa shape index (κ1) is 20.5. The third-order valence-corrected chi connectivity index (χ3v) is 0. The van der Waals surface area contributed by atoms with Gasteiger partial charge in [-0.3, -0.25) is 0 Å². The molecule has 0 unspecified atom stereocenters. The quantitative estimate of drug-likeness (QED) is 0.404. The van der Waals surface area contributed by atoms with Crippen molar-refractivity contribution in [3.63, 3.8) is 0 Å². The van der Waals surface area contributed by atoms with Gasteiger partial charge in [-0.2, -0.15) is 0 Å². The van der Waals surface area contributed by atoms with Crippen LogP contribution >= 0.6 is 0 Å². The molecule has 0 saturated heterocycles. The third-order valence-electron chi connectivity index (χ3n) is 0. The Morgan fingerprint density at radius 2 is 1.00 bits per heavy atom. The normalized spacial score (nSPS) is 1.50. The van der Waals surface area contributed by atoms with Gasteiger partial charge in [-0.05, 0) is 0 Å². The van der Waals surface area contributed by atoms with Crippen molar-refractivity contribution in [3.8, 4) is 0 Å². The summed E-state index contributed by atoms with van der Waals surface area (Å²) in [6.07, 6.45) is 0. The number of aliphatic hydroxyl groups excluding tert-OH is 1.